The molecule has 0 saturated carbocycles. The maximum absolute atomic E-state index is 12.7. The van der Waals surface area contributed by atoms with Crippen molar-refractivity contribution in [2.75, 3.05) is 5.32 Å². The summed E-state index contributed by atoms with van der Waals surface area (Å²) >= 11 is 0. The molecule has 124 valence electrons. The molecule has 0 bridgehead atoms. The van der Waals surface area contributed by atoms with E-state index in [1.807, 2.05) is 31.2 Å². The number of nitrogens with zero attached hydrogens (tertiary/aromatic N) is 4. The Balaban J connectivity index is 1.69. The number of amides is 1. The van der Waals surface area contributed by atoms with Crippen molar-refractivity contribution in [1.29, 1.82) is 0 Å². The van der Waals surface area contributed by atoms with Crippen LogP contribution in [0.3, 0.4) is 0 Å². The van der Waals surface area contributed by atoms with Gasteiger partial charge in [0.2, 0.25) is 0 Å². The first-order chi connectivity index (χ1) is 11.5. The molecule has 0 spiro atoms. The zero-order valence-corrected chi connectivity index (χ0v) is 12.9. The first-order valence-corrected chi connectivity index (χ1v) is 7.24. The van der Waals surface area contributed by atoms with Gasteiger partial charge in [-0.15, -0.1) is 0 Å². The Morgan fingerprint density at radius 3 is 2.88 bits per heavy atom. The fraction of sp³-hybridized carbons (Fsp3) is 0.188. The van der Waals surface area contributed by atoms with Gasteiger partial charge in [-0.2, -0.15) is 23.7 Å². The Hall–Kier alpha value is -3.03. The fourth-order valence-corrected chi connectivity index (χ4v) is 2.36. The molecule has 0 saturated heterocycles. The molecule has 8 heteroatoms. The number of aryl methyl sites for hydroxylation is 1. The average molecular weight is 331 g/mol. The molecule has 3 rings (SSSR count). The van der Waals surface area contributed by atoms with Crippen LogP contribution in [0, 0.1) is 6.92 Å². The van der Waals surface area contributed by atoms with Crippen LogP contribution in [0.25, 0.3) is 0 Å². The zero-order valence-electron chi connectivity index (χ0n) is 12.9. The highest BCUT2D eigenvalue weighted by Crippen LogP contribution is 2.15. The molecule has 24 heavy (non-hydrogen) atoms. The van der Waals surface area contributed by atoms with Gasteiger partial charge in [-0.3, -0.25) is 9.48 Å². The van der Waals surface area contributed by atoms with Gasteiger partial charge in [0.1, 0.15) is 5.69 Å². The molecule has 0 aliphatic carbocycles. The largest absolute Gasteiger partial charge is 0.333 e. The van der Waals surface area contributed by atoms with E-state index < -0.39 is 12.5 Å². The predicted octanol–water partition coefficient (Wildman–Crippen LogP) is 3.08. The van der Waals surface area contributed by atoms with E-state index in [-0.39, 0.29) is 5.69 Å². The van der Waals surface area contributed by atoms with E-state index >= 15 is 0 Å². The number of hydrogen-bond donors (Lipinski definition) is 1. The van der Waals surface area contributed by atoms with E-state index in [0.717, 1.165) is 17.3 Å². The molecule has 0 atom stereocenters. The Morgan fingerprint density at radius 2 is 2.12 bits per heavy atom. The van der Waals surface area contributed by atoms with Crippen LogP contribution in [0.4, 0.5) is 14.5 Å². The lowest BCUT2D eigenvalue weighted by atomic mass is 10.1. The summed E-state index contributed by atoms with van der Waals surface area (Å²) in [6.07, 6.45) is 4.27. The number of carbonyl (C=O) groups is 1. The van der Waals surface area contributed by atoms with E-state index in [9.17, 15) is 13.6 Å². The molecular weight excluding hydrogens is 316 g/mol. The monoisotopic (exact) mass is 331 g/mol. The molecule has 0 aliphatic heterocycles. The van der Waals surface area contributed by atoms with Crippen molar-refractivity contribution in [3.63, 3.8) is 0 Å². The summed E-state index contributed by atoms with van der Waals surface area (Å²) in [5.41, 5.74) is 2.44. The number of halogens is 2. The second-order valence-corrected chi connectivity index (χ2v) is 5.31. The molecule has 2 heterocycles. The van der Waals surface area contributed by atoms with Crippen LogP contribution in [-0.2, 0) is 6.54 Å². The molecule has 0 fully saturated rings. The fourth-order valence-electron chi connectivity index (χ4n) is 2.36. The number of hydrogen-bond acceptors (Lipinski definition) is 3. The molecule has 0 radical (unpaired) electrons. The summed E-state index contributed by atoms with van der Waals surface area (Å²) in [7, 11) is 0. The highest BCUT2D eigenvalue weighted by molar-refractivity contribution is 6.02. The molecule has 3 aromatic rings. The summed E-state index contributed by atoms with van der Waals surface area (Å²) in [5.74, 6) is -0.664. The SMILES string of the molecule is Cc1cccc(Cn2cc(NC(=O)c3ccnn3C(F)F)cn2)c1. The van der Waals surface area contributed by atoms with Gasteiger partial charge in [0, 0.05) is 12.4 Å². The van der Waals surface area contributed by atoms with Gasteiger partial charge >= 0.3 is 6.55 Å². The van der Waals surface area contributed by atoms with Crippen LogP contribution in [-0.4, -0.2) is 25.5 Å². The molecule has 0 unspecified atom stereocenters. The quantitative estimate of drug-likeness (QED) is 0.781. The van der Waals surface area contributed by atoms with E-state index in [0.29, 0.717) is 16.9 Å². The number of benzene rings is 1. The predicted molar refractivity (Wildman–Crippen MR) is 83.9 cm³/mol. The molecule has 2 aromatic heterocycles. The molecule has 6 nitrogen and oxygen atoms in total. The molecule has 1 aromatic carbocycles. The lowest BCUT2D eigenvalue weighted by Gasteiger charge is -2.06. The van der Waals surface area contributed by atoms with Crippen molar-refractivity contribution >= 4 is 11.6 Å². The highest BCUT2D eigenvalue weighted by atomic mass is 19.3. The summed E-state index contributed by atoms with van der Waals surface area (Å²) < 4.78 is 27.5. The van der Waals surface area contributed by atoms with Gasteiger partial charge in [0.25, 0.3) is 5.91 Å². The van der Waals surface area contributed by atoms with Crippen LogP contribution in [0.2, 0.25) is 0 Å². The minimum Gasteiger partial charge on any atom is -0.318 e. The second-order valence-electron chi connectivity index (χ2n) is 5.31. The second kappa shape index (κ2) is 6.61. The molecule has 1 amide bonds. The first-order valence-electron chi connectivity index (χ1n) is 7.24. The standard InChI is InChI=1S/C16H15F2N5O/c1-11-3-2-4-12(7-11)9-22-10-13(8-20-22)21-15(24)14-5-6-19-23(14)16(17)18/h2-8,10,16H,9H2,1H3,(H,21,24). The average Bonchev–Trinajstić information content (AvgIpc) is 3.16. The van der Waals surface area contributed by atoms with Crippen molar-refractivity contribution in [3.8, 4) is 0 Å². The van der Waals surface area contributed by atoms with Gasteiger partial charge in [-0.05, 0) is 18.6 Å². The minimum absolute atomic E-state index is 0.212. The number of anilines is 1. The van der Waals surface area contributed by atoms with Gasteiger partial charge in [0.15, 0.2) is 0 Å². The maximum Gasteiger partial charge on any atom is 0.333 e. The van der Waals surface area contributed by atoms with Crippen LogP contribution in [0.5, 0.6) is 0 Å². The summed E-state index contributed by atoms with van der Waals surface area (Å²) in [6.45, 7) is -0.318. The Bertz CT molecular complexity index is 856. The maximum atomic E-state index is 12.7. The lowest BCUT2D eigenvalue weighted by Crippen LogP contribution is -2.18. The third-order valence-electron chi connectivity index (χ3n) is 3.41. The smallest absolute Gasteiger partial charge is 0.318 e. The van der Waals surface area contributed by atoms with Crippen LogP contribution in [0.1, 0.15) is 28.2 Å². The van der Waals surface area contributed by atoms with Crippen molar-refractivity contribution in [2.45, 2.75) is 20.0 Å². The summed E-state index contributed by atoms with van der Waals surface area (Å²) in [5, 5.41) is 10.1. The zero-order chi connectivity index (χ0) is 17.1. The minimum atomic E-state index is -2.87. The Morgan fingerprint density at radius 1 is 1.29 bits per heavy atom. The van der Waals surface area contributed by atoms with Crippen LogP contribution < -0.4 is 5.32 Å². The van der Waals surface area contributed by atoms with Gasteiger partial charge in [-0.25, -0.2) is 0 Å². The molecular formula is C16H15F2N5O. The topological polar surface area (TPSA) is 64.7 Å². The van der Waals surface area contributed by atoms with Crippen LogP contribution in [0.15, 0.2) is 48.9 Å². The number of carbonyl (C=O) groups excluding carboxylic acids is 1. The first kappa shape index (κ1) is 15.9. The van der Waals surface area contributed by atoms with Crippen molar-refractivity contribution in [1.82, 2.24) is 19.6 Å². The van der Waals surface area contributed by atoms with E-state index in [1.54, 1.807) is 10.9 Å². The summed E-state index contributed by atoms with van der Waals surface area (Å²) in [4.78, 5) is 12.1. The molecule has 1 N–H and O–H groups in total. The van der Waals surface area contributed by atoms with Gasteiger partial charge in [0.05, 0.1) is 18.4 Å². The van der Waals surface area contributed by atoms with Crippen LogP contribution >= 0.6 is 0 Å². The third-order valence-corrected chi connectivity index (χ3v) is 3.41. The number of rotatable bonds is 5. The number of nitrogens with one attached hydrogen (secondary N) is 1. The van der Waals surface area contributed by atoms with E-state index in [2.05, 4.69) is 15.5 Å². The number of aromatic nitrogens is 4. The van der Waals surface area contributed by atoms with E-state index in [1.165, 1.54) is 12.3 Å². The lowest BCUT2D eigenvalue weighted by molar-refractivity contribution is 0.0520. The normalized spacial score (nSPS) is 11.0. The van der Waals surface area contributed by atoms with Gasteiger partial charge < -0.3 is 5.32 Å². The molecule has 0 aliphatic rings. The van der Waals surface area contributed by atoms with Crippen molar-refractivity contribution in [3.05, 3.63) is 65.7 Å². The van der Waals surface area contributed by atoms with Crippen molar-refractivity contribution in [2.24, 2.45) is 0 Å². The number of alkyl halides is 2. The third kappa shape index (κ3) is 3.48. The van der Waals surface area contributed by atoms with E-state index in [4.69, 9.17) is 0 Å². The van der Waals surface area contributed by atoms with Gasteiger partial charge in [-0.1, -0.05) is 29.8 Å². The Labute approximate surface area is 136 Å². The summed E-state index contributed by atoms with van der Waals surface area (Å²) in [6, 6.07) is 9.22. The Kier molecular flexibility index (Phi) is 4.37. The highest BCUT2D eigenvalue weighted by Gasteiger charge is 2.18. The van der Waals surface area contributed by atoms with Crippen molar-refractivity contribution < 1.29 is 13.6 Å².